The standard InChI is InChI=1S/C28H33N5O3S.C22H29N5O.Na.H2O/c1-28(32-12-14-36-15-13-32)10-8-21(9-11-28)22-16-25-26(23-18-30-31(2)19-23)20-33(27(25)29-17-22)37(34,35)24-6-4-3-5-7-24;1-22(27-7-9-28-10-8-27)5-3-16(4-6-22)17-11-19-20(14-24-21(19)23-12-17)18-13-25-26(2)15-18;;/h3-7,16-21H,8-15H2,1-2H3;11-16H,3-10H2,1-2H3,(H,23,24);;1H2/q;;+1;/p-1. The Morgan fingerprint density at radius 2 is 1.15 bits per heavy atom. The largest absolute Gasteiger partial charge is 1.00 e. The van der Waals surface area contributed by atoms with Gasteiger partial charge in [0.05, 0.1) is 43.7 Å². The van der Waals surface area contributed by atoms with Gasteiger partial charge in [0, 0.05) is 122 Å². The molecule has 11 rings (SSSR count). The van der Waals surface area contributed by atoms with Gasteiger partial charge in [0.1, 0.15) is 5.65 Å². The second kappa shape index (κ2) is 20.4. The predicted molar refractivity (Wildman–Crippen MR) is 255 cm³/mol. The molecule has 0 spiro atoms. The van der Waals surface area contributed by atoms with Crippen molar-refractivity contribution in [3.63, 3.8) is 0 Å². The number of pyridine rings is 2. The van der Waals surface area contributed by atoms with Crippen molar-refractivity contribution in [2.75, 3.05) is 52.6 Å². The average Bonchev–Trinajstić information content (AvgIpc) is 4.16. The molecule has 2 saturated heterocycles. The molecule has 67 heavy (non-hydrogen) atoms. The van der Waals surface area contributed by atoms with Crippen LogP contribution >= 0.6 is 0 Å². The molecule has 7 aromatic rings. The van der Waals surface area contributed by atoms with Crippen molar-refractivity contribution in [1.82, 2.24) is 48.3 Å². The van der Waals surface area contributed by atoms with E-state index < -0.39 is 10.0 Å². The summed E-state index contributed by atoms with van der Waals surface area (Å²) in [5.74, 6) is 1.00. The maximum absolute atomic E-state index is 13.6. The number of hydrogen-bond donors (Lipinski definition) is 1. The third-order valence-electron chi connectivity index (χ3n) is 15.1. The minimum atomic E-state index is -3.80. The third kappa shape index (κ3) is 9.97. The molecule has 2 saturated carbocycles. The van der Waals surface area contributed by atoms with Crippen LogP contribution in [-0.4, -0.2) is 126 Å². The van der Waals surface area contributed by atoms with E-state index in [4.69, 9.17) is 19.4 Å². The topological polar surface area (TPSA) is 171 Å². The van der Waals surface area contributed by atoms with Crippen LogP contribution in [0.4, 0.5) is 0 Å². The van der Waals surface area contributed by atoms with Gasteiger partial charge in [-0.3, -0.25) is 19.2 Å². The zero-order valence-corrected chi connectivity index (χ0v) is 42.5. The van der Waals surface area contributed by atoms with E-state index in [1.165, 1.54) is 51.7 Å². The molecule has 2 N–H and O–H groups in total. The van der Waals surface area contributed by atoms with Crippen LogP contribution in [0.5, 0.6) is 0 Å². The number of aryl methyl sites for hydroxylation is 2. The number of H-pyrrole nitrogens is 1. The van der Waals surface area contributed by atoms with E-state index in [-0.39, 0.29) is 45.5 Å². The number of nitrogens with one attached hydrogen (secondary N) is 1. The molecule has 1 aromatic carbocycles. The van der Waals surface area contributed by atoms with E-state index in [2.05, 4.69) is 69.6 Å². The molecule has 4 aliphatic rings. The van der Waals surface area contributed by atoms with Crippen molar-refractivity contribution in [3.8, 4) is 22.3 Å². The Hall–Kier alpha value is -4.23. The summed E-state index contributed by atoms with van der Waals surface area (Å²) in [7, 11) is 0.0153. The molecule has 2 aliphatic carbocycles. The monoisotopic (exact) mass is 938 g/mol. The first-order valence-electron chi connectivity index (χ1n) is 23.4. The number of aromatic nitrogens is 8. The van der Waals surface area contributed by atoms with Gasteiger partial charge < -0.3 is 19.9 Å². The molecule has 0 amide bonds. The third-order valence-corrected chi connectivity index (χ3v) is 16.8. The van der Waals surface area contributed by atoms with E-state index in [0.717, 1.165) is 106 Å². The van der Waals surface area contributed by atoms with E-state index in [1.807, 2.05) is 43.4 Å². The van der Waals surface area contributed by atoms with Gasteiger partial charge in [-0.15, -0.1) is 0 Å². The van der Waals surface area contributed by atoms with Crippen LogP contribution in [0.2, 0.25) is 0 Å². The Labute approximate surface area is 415 Å². The fourth-order valence-electron chi connectivity index (χ4n) is 11.0. The van der Waals surface area contributed by atoms with Crippen molar-refractivity contribution < 1.29 is 52.9 Å². The van der Waals surface area contributed by atoms with Crippen molar-refractivity contribution >= 4 is 32.1 Å². The van der Waals surface area contributed by atoms with Gasteiger partial charge in [-0.2, -0.15) is 10.2 Å². The molecule has 15 nitrogen and oxygen atoms in total. The van der Waals surface area contributed by atoms with Crippen LogP contribution in [0.15, 0.2) is 96.9 Å². The van der Waals surface area contributed by atoms with Crippen LogP contribution < -0.4 is 29.6 Å². The average molecular weight is 939 g/mol. The van der Waals surface area contributed by atoms with Crippen molar-refractivity contribution in [1.29, 1.82) is 0 Å². The van der Waals surface area contributed by atoms with Crippen LogP contribution in [0, 0.1) is 0 Å². The van der Waals surface area contributed by atoms with Gasteiger partial charge in [-0.05, 0) is 112 Å². The molecule has 8 heterocycles. The Morgan fingerprint density at radius 3 is 1.66 bits per heavy atom. The number of ether oxygens (including phenoxy) is 2. The SMILES string of the molecule is Cn1cc(-c2c[nH]c3ncc(C4CCC(C)(N5CCOCC5)CC4)cc23)cn1.Cn1cc(-c2cn(S(=O)(=O)c3ccccc3)c3ncc(C4CCC(C)(N5CCOCC5)CC4)cc23)cn1.[Na+].[OH-]. The Morgan fingerprint density at radius 1 is 0.657 bits per heavy atom. The summed E-state index contributed by atoms with van der Waals surface area (Å²) < 4.78 is 43.2. The molecular formula is C50H63N10NaO5S. The van der Waals surface area contributed by atoms with Crippen molar-refractivity contribution in [3.05, 3.63) is 103 Å². The summed E-state index contributed by atoms with van der Waals surface area (Å²) in [6.45, 7) is 12.4. The number of benzene rings is 1. The summed E-state index contributed by atoms with van der Waals surface area (Å²) in [6.07, 6.45) is 24.8. The van der Waals surface area contributed by atoms with Gasteiger partial charge in [-0.25, -0.2) is 22.4 Å². The van der Waals surface area contributed by atoms with Gasteiger partial charge in [0.2, 0.25) is 0 Å². The number of morpholine rings is 2. The molecular weight excluding hydrogens is 876 g/mol. The first kappa shape index (κ1) is 49.2. The maximum atomic E-state index is 13.6. The fourth-order valence-corrected chi connectivity index (χ4v) is 12.4. The number of fused-ring (bicyclic) bond motifs is 2. The Balaban J connectivity index is 0.000000183. The second-order valence-electron chi connectivity index (χ2n) is 19.2. The number of nitrogens with zero attached hydrogens (tertiary/aromatic N) is 9. The Bertz CT molecular complexity index is 2870. The summed E-state index contributed by atoms with van der Waals surface area (Å²) in [6, 6.07) is 13.0. The predicted octanol–water partition coefficient (Wildman–Crippen LogP) is 4.96. The van der Waals surface area contributed by atoms with E-state index in [9.17, 15) is 8.42 Å². The quantitative estimate of drug-likeness (QED) is 0.204. The van der Waals surface area contributed by atoms with E-state index >= 15 is 0 Å². The second-order valence-corrected chi connectivity index (χ2v) is 21.0. The number of aromatic amines is 1. The smallest absolute Gasteiger partial charge is 0.870 e. The molecule has 6 aromatic heterocycles. The van der Waals surface area contributed by atoms with Gasteiger partial charge >= 0.3 is 29.6 Å². The molecule has 2 aliphatic heterocycles. The summed E-state index contributed by atoms with van der Waals surface area (Å²) in [5, 5.41) is 10.7. The van der Waals surface area contributed by atoms with Gasteiger partial charge in [-0.1, -0.05) is 18.2 Å². The summed E-state index contributed by atoms with van der Waals surface area (Å²) in [4.78, 5) is 18.3. The molecule has 0 atom stereocenters. The molecule has 350 valence electrons. The van der Waals surface area contributed by atoms with Crippen molar-refractivity contribution in [2.45, 2.75) is 93.0 Å². The summed E-state index contributed by atoms with van der Waals surface area (Å²) in [5.41, 5.74) is 8.51. The summed E-state index contributed by atoms with van der Waals surface area (Å²) >= 11 is 0. The minimum absolute atomic E-state index is 0. The molecule has 0 unspecified atom stereocenters. The molecule has 17 heteroatoms. The first-order valence-corrected chi connectivity index (χ1v) is 24.8. The number of hydrogen-bond acceptors (Lipinski definition) is 11. The minimum Gasteiger partial charge on any atom is -0.870 e. The fraction of sp³-hybridized carbons (Fsp3) is 0.480. The van der Waals surface area contributed by atoms with E-state index in [1.54, 1.807) is 41.3 Å². The van der Waals surface area contributed by atoms with Crippen LogP contribution in [0.3, 0.4) is 0 Å². The first-order chi connectivity index (χ1) is 31.5. The van der Waals surface area contributed by atoms with Crippen molar-refractivity contribution in [2.24, 2.45) is 14.1 Å². The Kier molecular flexibility index (Phi) is 15.0. The molecule has 4 fully saturated rings. The van der Waals surface area contributed by atoms with Crippen LogP contribution in [-0.2, 0) is 33.6 Å². The van der Waals surface area contributed by atoms with Crippen LogP contribution in [0.1, 0.15) is 88.2 Å². The molecule has 0 radical (unpaired) electrons. The van der Waals surface area contributed by atoms with E-state index in [0.29, 0.717) is 23.0 Å². The zero-order chi connectivity index (χ0) is 44.8. The normalized spacial score (nSPS) is 24.1. The van der Waals surface area contributed by atoms with Gasteiger partial charge in [0.15, 0.2) is 5.65 Å². The number of rotatable bonds is 8. The van der Waals surface area contributed by atoms with Crippen LogP contribution in [0.25, 0.3) is 44.3 Å². The van der Waals surface area contributed by atoms with Gasteiger partial charge in [0.25, 0.3) is 10.0 Å². The maximum Gasteiger partial charge on any atom is 1.00 e. The molecule has 0 bridgehead atoms. The zero-order valence-electron chi connectivity index (χ0n) is 39.6.